The molecule has 132 valence electrons. The summed E-state index contributed by atoms with van der Waals surface area (Å²) < 4.78 is 0. The lowest BCUT2D eigenvalue weighted by Gasteiger charge is -2.40. The molecule has 0 spiro atoms. The lowest BCUT2D eigenvalue weighted by molar-refractivity contribution is -0.153. The maximum absolute atomic E-state index is 12.1. The summed E-state index contributed by atoms with van der Waals surface area (Å²) in [5, 5.41) is 9.93. The fraction of sp³-hybridized carbons (Fsp3) is 0.429. The normalized spacial score (nSPS) is 21.1. The number of likely N-dealkylation sites (tertiary alicyclic amines) is 1. The minimum Gasteiger partial charge on any atom is -0.481 e. The Labute approximate surface area is 149 Å². The molecule has 1 aromatic heterocycles. The number of carboxylic acid groups (broad SMARTS) is 1. The fourth-order valence-corrected chi connectivity index (χ4v) is 3.87. The Morgan fingerprint density at radius 3 is 2.68 bits per heavy atom. The van der Waals surface area contributed by atoms with Crippen molar-refractivity contribution in [2.45, 2.75) is 38.6 Å². The van der Waals surface area contributed by atoms with E-state index in [-0.39, 0.29) is 0 Å². The number of aromatic nitrogens is 1. The molecule has 4 heteroatoms. The summed E-state index contributed by atoms with van der Waals surface area (Å²) in [4.78, 5) is 18.5. The number of hydrogen-bond donors (Lipinski definition) is 1. The molecule has 3 rings (SSSR count). The van der Waals surface area contributed by atoms with E-state index >= 15 is 0 Å². The Balaban J connectivity index is 1.61. The molecule has 0 radical (unpaired) electrons. The Morgan fingerprint density at radius 1 is 1.16 bits per heavy atom. The van der Waals surface area contributed by atoms with Gasteiger partial charge in [0.25, 0.3) is 0 Å². The van der Waals surface area contributed by atoms with Crippen molar-refractivity contribution < 1.29 is 9.90 Å². The molecule has 1 saturated heterocycles. The summed E-state index contributed by atoms with van der Waals surface area (Å²) in [6.45, 7) is 2.37. The number of pyridine rings is 1. The predicted molar refractivity (Wildman–Crippen MR) is 98.2 cm³/mol. The topological polar surface area (TPSA) is 53.4 Å². The smallest absolute Gasteiger partial charge is 0.310 e. The van der Waals surface area contributed by atoms with Gasteiger partial charge in [-0.2, -0.15) is 0 Å². The number of rotatable bonds is 7. The lowest BCUT2D eigenvalue weighted by Crippen LogP contribution is -2.47. The van der Waals surface area contributed by atoms with Crippen LogP contribution in [0.5, 0.6) is 0 Å². The van der Waals surface area contributed by atoms with E-state index in [1.165, 1.54) is 5.56 Å². The molecule has 1 aliphatic heterocycles. The van der Waals surface area contributed by atoms with Gasteiger partial charge >= 0.3 is 5.97 Å². The van der Waals surface area contributed by atoms with Crippen molar-refractivity contribution in [3.8, 4) is 0 Å². The summed E-state index contributed by atoms with van der Waals surface area (Å²) >= 11 is 0. The molecule has 2 aromatic rings. The number of benzene rings is 1. The zero-order valence-corrected chi connectivity index (χ0v) is 14.6. The largest absolute Gasteiger partial charge is 0.481 e. The van der Waals surface area contributed by atoms with Crippen molar-refractivity contribution in [1.82, 2.24) is 9.88 Å². The highest BCUT2D eigenvalue weighted by Crippen LogP contribution is 2.36. The van der Waals surface area contributed by atoms with Crippen LogP contribution in [0.4, 0.5) is 0 Å². The summed E-state index contributed by atoms with van der Waals surface area (Å²) in [7, 11) is 0. The highest BCUT2D eigenvalue weighted by Gasteiger charge is 2.41. The van der Waals surface area contributed by atoms with Gasteiger partial charge in [0.15, 0.2) is 0 Å². The Morgan fingerprint density at radius 2 is 1.96 bits per heavy atom. The van der Waals surface area contributed by atoms with E-state index < -0.39 is 11.4 Å². The van der Waals surface area contributed by atoms with Gasteiger partial charge in [0.1, 0.15) is 0 Å². The van der Waals surface area contributed by atoms with Crippen molar-refractivity contribution in [1.29, 1.82) is 0 Å². The molecule has 1 aliphatic rings. The number of carbonyl (C=O) groups is 1. The summed E-state index contributed by atoms with van der Waals surface area (Å²) in [5.41, 5.74) is 1.81. The van der Waals surface area contributed by atoms with E-state index in [2.05, 4.69) is 28.1 Å². The lowest BCUT2D eigenvalue weighted by atomic mass is 9.75. The first-order chi connectivity index (χ1) is 12.2. The van der Waals surface area contributed by atoms with Gasteiger partial charge in [-0.25, -0.2) is 0 Å². The maximum atomic E-state index is 12.1. The minimum absolute atomic E-state index is 0.616. The van der Waals surface area contributed by atoms with E-state index in [4.69, 9.17) is 0 Å². The maximum Gasteiger partial charge on any atom is 0.310 e. The van der Waals surface area contributed by atoms with Crippen LogP contribution in [-0.2, 0) is 17.8 Å². The Kier molecular flexibility index (Phi) is 5.82. The zero-order valence-electron chi connectivity index (χ0n) is 14.6. The van der Waals surface area contributed by atoms with Gasteiger partial charge in [-0.3, -0.25) is 14.7 Å². The fourth-order valence-electron chi connectivity index (χ4n) is 3.87. The molecule has 4 nitrogen and oxygen atoms in total. The number of nitrogens with zero attached hydrogens (tertiary/aromatic N) is 2. The van der Waals surface area contributed by atoms with Gasteiger partial charge in [0.05, 0.1) is 5.41 Å². The van der Waals surface area contributed by atoms with E-state index in [0.29, 0.717) is 6.54 Å². The third-order valence-corrected chi connectivity index (χ3v) is 5.20. The summed E-state index contributed by atoms with van der Waals surface area (Å²) in [6, 6.07) is 14.3. The number of piperidine rings is 1. The first kappa shape index (κ1) is 17.6. The van der Waals surface area contributed by atoms with E-state index in [1.54, 1.807) is 6.20 Å². The molecule has 0 amide bonds. The average Bonchev–Trinajstić information content (AvgIpc) is 2.64. The van der Waals surface area contributed by atoms with E-state index in [1.807, 2.05) is 30.5 Å². The monoisotopic (exact) mass is 338 g/mol. The molecule has 0 unspecified atom stereocenters. The molecule has 1 aromatic carbocycles. The highest BCUT2D eigenvalue weighted by atomic mass is 16.4. The molecule has 2 heterocycles. The van der Waals surface area contributed by atoms with Crippen molar-refractivity contribution in [2.75, 3.05) is 13.1 Å². The van der Waals surface area contributed by atoms with Crippen molar-refractivity contribution in [3.63, 3.8) is 0 Å². The summed E-state index contributed by atoms with van der Waals surface area (Å²) in [5.74, 6) is -0.642. The second kappa shape index (κ2) is 8.26. The SMILES string of the molecule is O=C(O)[C@]1(CCCc2ccccc2)CCCN(Cc2cccnc2)C1. The molecule has 0 bridgehead atoms. The van der Waals surface area contributed by atoms with Crippen LogP contribution in [0.3, 0.4) is 0 Å². The van der Waals surface area contributed by atoms with Crippen LogP contribution < -0.4 is 0 Å². The van der Waals surface area contributed by atoms with Gasteiger partial charge < -0.3 is 5.11 Å². The minimum atomic E-state index is -0.642. The Hall–Kier alpha value is -2.20. The number of hydrogen-bond acceptors (Lipinski definition) is 3. The predicted octanol–water partition coefficient (Wildman–Crippen LogP) is 3.77. The summed E-state index contributed by atoms with van der Waals surface area (Å²) in [6.07, 6.45) is 7.95. The molecule has 0 aliphatic carbocycles. The standard InChI is InChI=1S/C21H26N2O2/c24-20(25)21(11-4-9-18-7-2-1-3-8-18)12-6-14-23(17-21)16-19-10-5-13-22-15-19/h1-3,5,7-8,10,13,15H,4,6,9,11-12,14,16-17H2,(H,24,25)/t21-/m1/s1. The molecule has 25 heavy (non-hydrogen) atoms. The molecular formula is C21H26N2O2. The number of carboxylic acids is 1. The highest BCUT2D eigenvalue weighted by molar-refractivity contribution is 5.75. The van der Waals surface area contributed by atoms with Crippen LogP contribution in [0.1, 0.15) is 36.8 Å². The molecule has 1 N–H and O–H groups in total. The zero-order chi connectivity index (χ0) is 17.5. The molecule has 1 fully saturated rings. The van der Waals surface area contributed by atoms with Crippen molar-refractivity contribution in [3.05, 3.63) is 66.0 Å². The van der Waals surface area contributed by atoms with Gasteiger partial charge in [-0.05, 0) is 55.8 Å². The van der Waals surface area contributed by atoms with Crippen molar-refractivity contribution in [2.24, 2.45) is 5.41 Å². The van der Waals surface area contributed by atoms with E-state index in [0.717, 1.165) is 50.8 Å². The van der Waals surface area contributed by atoms with Gasteiger partial charge in [-0.15, -0.1) is 0 Å². The van der Waals surface area contributed by atoms with Crippen molar-refractivity contribution >= 4 is 5.97 Å². The first-order valence-corrected chi connectivity index (χ1v) is 9.07. The number of aliphatic carboxylic acids is 1. The number of aryl methyl sites for hydroxylation is 1. The molecular weight excluding hydrogens is 312 g/mol. The van der Waals surface area contributed by atoms with Crippen LogP contribution in [-0.4, -0.2) is 34.0 Å². The second-order valence-corrected chi connectivity index (χ2v) is 7.10. The van der Waals surface area contributed by atoms with Gasteiger partial charge in [-0.1, -0.05) is 36.4 Å². The molecule has 1 atom stereocenters. The Bertz CT molecular complexity index is 675. The molecule has 0 saturated carbocycles. The van der Waals surface area contributed by atoms with Crippen LogP contribution >= 0.6 is 0 Å². The van der Waals surface area contributed by atoms with E-state index in [9.17, 15) is 9.90 Å². The first-order valence-electron chi connectivity index (χ1n) is 9.07. The third kappa shape index (κ3) is 4.67. The quantitative estimate of drug-likeness (QED) is 0.835. The average molecular weight is 338 g/mol. The van der Waals surface area contributed by atoms with Gasteiger partial charge in [0, 0.05) is 25.5 Å². The second-order valence-electron chi connectivity index (χ2n) is 7.10. The van der Waals surface area contributed by atoms with Crippen LogP contribution in [0.2, 0.25) is 0 Å². The van der Waals surface area contributed by atoms with Crippen LogP contribution in [0, 0.1) is 5.41 Å². The van der Waals surface area contributed by atoms with Crippen LogP contribution in [0.25, 0.3) is 0 Å². The third-order valence-electron chi connectivity index (χ3n) is 5.20. The van der Waals surface area contributed by atoms with Gasteiger partial charge in [0.2, 0.25) is 0 Å². The van der Waals surface area contributed by atoms with Crippen LogP contribution in [0.15, 0.2) is 54.9 Å².